The van der Waals surface area contributed by atoms with Crippen LogP contribution in [0.4, 0.5) is 0 Å². The molecule has 0 atom stereocenters. The molecular weight excluding hydrogens is 450 g/mol. The Labute approximate surface area is 234 Å². The second-order valence-corrected chi connectivity index (χ2v) is 11.9. The molecule has 0 spiro atoms. The van der Waals surface area contributed by atoms with Crippen molar-refractivity contribution in [1.82, 2.24) is 0 Å². The minimum Gasteiger partial charge on any atom is -0.366 e. The molecule has 220 valence electrons. The number of nitrogens with two attached hydrogens (primary N) is 1. The highest BCUT2D eigenvalue weighted by Gasteiger charge is 2.02. The van der Waals surface area contributed by atoms with Crippen LogP contribution in [-0.4, -0.2) is 5.91 Å². The molecule has 0 bridgehead atoms. The molecule has 0 unspecified atom stereocenters. The van der Waals surface area contributed by atoms with Gasteiger partial charge in [-0.05, 0) is 25.7 Å². The van der Waals surface area contributed by atoms with Gasteiger partial charge in [0.2, 0.25) is 5.91 Å². The summed E-state index contributed by atoms with van der Waals surface area (Å²) in [6.45, 7) is 4.58. The quantitative estimate of drug-likeness (QED) is 0.0718. The van der Waals surface area contributed by atoms with Gasteiger partial charge in [-0.2, -0.15) is 0 Å². The van der Waals surface area contributed by atoms with E-state index in [9.17, 15) is 4.79 Å². The molecule has 1 amide bonds. The summed E-state index contributed by atoms with van der Waals surface area (Å²) in [5, 5.41) is 0. The first kappa shape index (κ1) is 36.2. The van der Waals surface area contributed by atoms with Crippen LogP contribution in [-0.2, 0) is 4.79 Å². The summed E-state index contributed by atoms with van der Waals surface area (Å²) < 4.78 is 0. The van der Waals surface area contributed by atoms with E-state index in [0.717, 1.165) is 12.8 Å². The van der Waals surface area contributed by atoms with Crippen LogP contribution in [0.3, 0.4) is 0 Å². The van der Waals surface area contributed by atoms with Crippen LogP contribution in [0, 0.1) is 0 Å². The van der Waals surface area contributed by atoms with Crippen LogP contribution in [0.15, 0.2) is 11.6 Å². The van der Waals surface area contributed by atoms with Crippen molar-refractivity contribution in [2.24, 2.45) is 5.73 Å². The van der Waals surface area contributed by atoms with Gasteiger partial charge >= 0.3 is 0 Å². The van der Waals surface area contributed by atoms with Crippen LogP contribution in [0.25, 0.3) is 0 Å². The summed E-state index contributed by atoms with van der Waals surface area (Å²) in [5.74, 6) is -0.259. The topological polar surface area (TPSA) is 43.1 Å². The number of hydrogen-bond acceptors (Lipinski definition) is 1. The van der Waals surface area contributed by atoms with Crippen molar-refractivity contribution in [1.29, 1.82) is 0 Å². The van der Waals surface area contributed by atoms with Gasteiger partial charge in [-0.15, -0.1) is 0 Å². The van der Waals surface area contributed by atoms with Gasteiger partial charge in [0, 0.05) is 6.08 Å². The van der Waals surface area contributed by atoms with Crippen LogP contribution >= 0.6 is 0 Å². The fourth-order valence-electron chi connectivity index (χ4n) is 5.56. The first-order valence-electron chi connectivity index (χ1n) is 17.2. The number of carbonyl (C=O) groups is 1. The minimum atomic E-state index is -0.259. The molecule has 0 aromatic rings. The predicted octanol–water partition coefficient (Wildman–Crippen LogP) is 12.1. The molecule has 0 aromatic heterocycles. The Hall–Kier alpha value is -0.790. The molecule has 0 aliphatic heterocycles. The molecule has 37 heavy (non-hydrogen) atoms. The lowest BCUT2D eigenvalue weighted by Crippen LogP contribution is -2.07. The summed E-state index contributed by atoms with van der Waals surface area (Å²) in [7, 11) is 0. The minimum absolute atomic E-state index is 0.259. The summed E-state index contributed by atoms with van der Waals surface area (Å²) in [6.07, 6.45) is 42.8. The van der Waals surface area contributed by atoms with E-state index >= 15 is 0 Å². The van der Waals surface area contributed by atoms with E-state index in [1.165, 1.54) is 185 Å². The number of primary amides is 1. The lowest BCUT2D eigenvalue weighted by molar-refractivity contribution is -0.113. The number of carbonyl (C=O) groups excluding carboxylic acids is 1. The van der Waals surface area contributed by atoms with Gasteiger partial charge in [-0.1, -0.05) is 186 Å². The Morgan fingerprint density at radius 1 is 0.405 bits per heavy atom. The number of allylic oxidation sites excluding steroid dienone is 1. The molecule has 2 nitrogen and oxygen atoms in total. The summed E-state index contributed by atoms with van der Waals surface area (Å²) in [5.41, 5.74) is 6.77. The first-order valence-corrected chi connectivity index (χ1v) is 17.2. The number of unbranched alkanes of at least 4 members (excludes halogenated alkanes) is 26. The third-order valence-electron chi connectivity index (χ3n) is 8.05. The Balaban J connectivity index is 3.53. The van der Waals surface area contributed by atoms with Gasteiger partial charge < -0.3 is 5.73 Å². The summed E-state index contributed by atoms with van der Waals surface area (Å²) in [4.78, 5) is 11.5. The normalized spacial score (nSPS) is 11.2. The molecule has 0 radical (unpaired) electrons. The summed E-state index contributed by atoms with van der Waals surface area (Å²) in [6, 6.07) is 0. The Morgan fingerprint density at radius 2 is 0.622 bits per heavy atom. The first-order chi connectivity index (χ1) is 18.2. The predicted molar refractivity (Wildman–Crippen MR) is 167 cm³/mol. The standard InChI is InChI=1S/C35H69NO/c1-3-5-7-9-11-13-15-17-19-21-23-25-27-29-31-34(33-35(36)37)32-30-28-26-24-22-20-18-16-14-12-10-8-6-4-2/h33H,3-32H2,1-2H3,(H2,36,37). The van der Waals surface area contributed by atoms with E-state index in [4.69, 9.17) is 5.73 Å². The maximum atomic E-state index is 11.5. The zero-order valence-corrected chi connectivity index (χ0v) is 25.8. The molecule has 0 rings (SSSR count). The van der Waals surface area contributed by atoms with Gasteiger partial charge in [0.25, 0.3) is 0 Å². The molecule has 0 aliphatic carbocycles. The van der Waals surface area contributed by atoms with Gasteiger partial charge in [0.15, 0.2) is 0 Å². The smallest absolute Gasteiger partial charge is 0.241 e. The van der Waals surface area contributed by atoms with Gasteiger partial charge in [-0.3, -0.25) is 4.79 Å². The average molecular weight is 520 g/mol. The molecule has 0 saturated heterocycles. The maximum absolute atomic E-state index is 11.5. The van der Waals surface area contributed by atoms with Crippen LogP contribution in [0.2, 0.25) is 0 Å². The van der Waals surface area contributed by atoms with E-state index in [-0.39, 0.29) is 5.91 Å². The van der Waals surface area contributed by atoms with Gasteiger partial charge in [0.1, 0.15) is 0 Å². The van der Waals surface area contributed by atoms with Crippen molar-refractivity contribution in [2.75, 3.05) is 0 Å². The number of amides is 1. The van der Waals surface area contributed by atoms with E-state index in [1.807, 2.05) is 0 Å². The van der Waals surface area contributed by atoms with E-state index in [2.05, 4.69) is 13.8 Å². The van der Waals surface area contributed by atoms with Crippen molar-refractivity contribution >= 4 is 5.91 Å². The monoisotopic (exact) mass is 520 g/mol. The number of hydrogen-bond donors (Lipinski definition) is 1. The van der Waals surface area contributed by atoms with Crippen LogP contribution in [0.1, 0.15) is 206 Å². The lowest BCUT2D eigenvalue weighted by atomic mass is 9.98. The van der Waals surface area contributed by atoms with Crippen LogP contribution in [0.5, 0.6) is 0 Å². The highest BCUT2D eigenvalue weighted by molar-refractivity contribution is 5.86. The van der Waals surface area contributed by atoms with Crippen molar-refractivity contribution in [2.45, 2.75) is 206 Å². The molecule has 2 heteroatoms. The Kier molecular flexibility index (Phi) is 30.8. The lowest BCUT2D eigenvalue weighted by Gasteiger charge is -2.08. The maximum Gasteiger partial charge on any atom is 0.241 e. The highest BCUT2D eigenvalue weighted by atomic mass is 16.1. The zero-order valence-electron chi connectivity index (χ0n) is 25.8. The van der Waals surface area contributed by atoms with Gasteiger partial charge in [-0.25, -0.2) is 0 Å². The van der Waals surface area contributed by atoms with Crippen molar-refractivity contribution < 1.29 is 4.79 Å². The zero-order chi connectivity index (χ0) is 27.1. The molecular formula is C35H69NO. The molecule has 0 heterocycles. The highest BCUT2D eigenvalue weighted by Crippen LogP contribution is 2.19. The van der Waals surface area contributed by atoms with Crippen molar-refractivity contribution in [3.8, 4) is 0 Å². The van der Waals surface area contributed by atoms with Crippen molar-refractivity contribution in [3.63, 3.8) is 0 Å². The SMILES string of the molecule is CCCCCCCCCCCCCCCCC(=CC(N)=O)CCCCCCCCCCCCCCCC. The van der Waals surface area contributed by atoms with E-state index in [1.54, 1.807) is 6.08 Å². The fourth-order valence-corrected chi connectivity index (χ4v) is 5.56. The second-order valence-electron chi connectivity index (χ2n) is 11.9. The van der Waals surface area contributed by atoms with Crippen molar-refractivity contribution in [3.05, 3.63) is 11.6 Å². The molecule has 0 saturated carbocycles. The summed E-state index contributed by atoms with van der Waals surface area (Å²) >= 11 is 0. The fraction of sp³-hybridized carbons (Fsp3) is 0.914. The third kappa shape index (κ3) is 31.3. The Morgan fingerprint density at radius 3 is 0.838 bits per heavy atom. The molecule has 0 fully saturated rings. The average Bonchev–Trinajstić information content (AvgIpc) is 2.88. The van der Waals surface area contributed by atoms with E-state index < -0.39 is 0 Å². The van der Waals surface area contributed by atoms with E-state index in [0.29, 0.717) is 0 Å². The third-order valence-corrected chi connectivity index (χ3v) is 8.05. The van der Waals surface area contributed by atoms with Crippen LogP contribution < -0.4 is 5.73 Å². The molecule has 2 N–H and O–H groups in total. The molecule has 0 aliphatic rings. The largest absolute Gasteiger partial charge is 0.366 e. The number of rotatable bonds is 31. The Bertz CT molecular complexity index is 450. The molecule has 0 aromatic carbocycles. The second kappa shape index (κ2) is 31.4. The van der Waals surface area contributed by atoms with Gasteiger partial charge in [0.05, 0.1) is 0 Å².